The second kappa shape index (κ2) is 60.7. The highest BCUT2D eigenvalue weighted by Crippen LogP contribution is 2.18. The van der Waals surface area contributed by atoms with Gasteiger partial charge in [0.25, 0.3) is 0 Å². The number of amides is 1. The number of rotatable bonds is 58. The molecule has 0 radical (unpaired) electrons. The molecule has 2 unspecified atom stereocenters. The Bertz CT molecular complexity index is 1090. The fourth-order valence-electron chi connectivity index (χ4n) is 9.76. The zero-order valence-electron chi connectivity index (χ0n) is 46.8. The van der Waals surface area contributed by atoms with E-state index in [9.17, 15) is 15.0 Å². The molecule has 0 aromatic carbocycles. The average molecular weight is 967 g/mol. The quantitative estimate of drug-likeness (QED) is 0.0420. The van der Waals surface area contributed by atoms with Gasteiger partial charge in [0.15, 0.2) is 0 Å². The van der Waals surface area contributed by atoms with Crippen LogP contribution in [0.5, 0.6) is 0 Å². The average Bonchev–Trinajstić information content (AvgIpc) is 3.35. The molecule has 2 atom stereocenters. The van der Waals surface area contributed by atoms with E-state index in [2.05, 4.69) is 55.6 Å². The molecule has 4 nitrogen and oxygen atoms in total. The summed E-state index contributed by atoms with van der Waals surface area (Å²) in [7, 11) is 0. The molecule has 0 aliphatic rings. The van der Waals surface area contributed by atoms with Crippen LogP contribution in [0, 0.1) is 0 Å². The smallest absolute Gasteiger partial charge is 0.220 e. The normalized spacial score (nSPS) is 13.0. The standard InChI is InChI=1S/C65H123NO3/c1-3-5-7-9-11-13-15-17-19-21-23-25-27-28-29-30-31-32-33-34-35-36-37-38-39-41-43-45-47-49-51-53-55-57-59-61-65(69)66-63(62-67)64(68)60-58-56-54-52-50-48-46-44-42-40-26-24-22-20-18-16-14-12-10-8-6-4-2/h15,17,21,23,50,52,58,60,63-64,67-68H,3-14,16,18-20,22,24-49,51,53-57,59,61-62H2,1-2H3,(H,66,69)/b17-15-,23-21-,52-50+,60-58+. The topological polar surface area (TPSA) is 69.6 Å². The van der Waals surface area contributed by atoms with Crippen LogP contribution in [-0.2, 0) is 4.79 Å². The van der Waals surface area contributed by atoms with E-state index < -0.39 is 12.1 Å². The van der Waals surface area contributed by atoms with E-state index in [1.165, 1.54) is 283 Å². The van der Waals surface area contributed by atoms with E-state index >= 15 is 0 Å². The first-order valence-electron chi connectivity index (χ1n) is 31.4. The third-order valence-corrected chi connectivity index (χ3v) is 14.5. The fraction of sp³-hybridized carbons (Fsp3) is 0.862. The first-order valence-corrected chi connectivity index (χ1v) is 31.4. The number of carbonyl (C=O) groups excluding carboxylic acids is 1. The molecule has 0 aromatic heterocycles. The van der Waals surface area contributed by atoms with Gasteiger partial charge < -0.3 is 15.5 Å². The molecule has 0 saturated carbocycles. The minimum absolute atomic E-state index is 0.0676. The lowest BCUT2D eigenvalue weighted by Crippen LogP contribution is -2.45. The van der Waals surface area contributed by atoms with Crippen LogP contribution in [-0.4, -0.2) is 34.9 Å². The van der Waals surface area contributed by atoms with Gasteiger partial charge in [0, 0.05) is 6.42 Å². The molecule has 0 rings (SSSR count). The molecule has 0 spiro atoms. The van der Waals surface area contributed by atoms with Crippen molar-refractivity contribution in [3.63, 3.8) is 0 Å². The summed E-state index contributed by atoms with van der Waals surface area (Å²) in [5.74, 6) is -0.0676. The van der Waals surface area contributed by atoms with Gasteiger partial charge in [0.05, 0.1) is 18.8 Å². The molecule has 0 heterocycles. The van der Waals surface area contributed by atoms with Crippen molar-refractivity contribution in [1.82, 2.24) is 5.32 Å². The molecule has 0 saturated heterocycles. The van der Waals surface area contributed by atoms with Crippen LogP contribution in [0.15, 0.2) is 48.6 Å². The number of carbonyl (C=O) groups is 1. The molecular formula is C65H123NO3. The van der Waals surface area contributed by atoms with Crippen LogP contribution in [0.25, 0.3) is 0 Å². The zero-order chi connectivity index (χ0) is 49.9. The molecule has 69 heavy (non-hydrogen) atoms. The van der Waals surface area contributed by atoms with Crippen molar-refractivity contribution in [3.8, 4) is 0 Å². The van der Waals surface area contributed by atoms with Crippen molar-refractivity contribution < 1.29 is 15.0 Å². The Kier molecular flexibility index (Phi) is 59.2. The van der Waals surface area contributed by atoms with E-state index in [-0.39, 0.29) is 12.5 Å². The lowest BCUT2D eigenvalue weighted by molar-refractivity contribution is -0.123. The number of aliphatic hydroxyl groups excluding tert-OH is 2. The van der Waals surface area contributed by atoms with Crippen LogP contribution in [0.2, 0.25) is 0 Å². The summed E-state index contributed by atoms with van der Waals surface area (Å²) in [6, 6.07) is -0.639. The first kappa shape index (κ1) is 67.3. The summed E-state index contributed by atoms with van der Waals surface area (Å²) in [5, 5.41) is 23.2. The highest BCUT2D eigenvalue weighted by molar-refractivity contribution is 5.76. The summed E-state index contributed by atoms with van der Waals surface area (Å²) in [4.78, 5) is 12.5. The van der Waals surface area contributed by atoms with Gasteiger partial charge in [-0.2, -0.15) is 0 Å². The monoisotopic (exact) mass is 966 g/mol. The van der Waals surface area contributed by atoms with E-state index in [0.717, 1.165) is 38.5 Å². The van der Waals surface area contributed by atoms with Gasteiger partial charge in [0.2, 0.25) is 5.91 Å². The molecule has 0 fully saturated rings. The Hall–Kier alpha value is -1.65. The third kappa shape index (κ3) is 57.1. The molecule has 0 aliphatic carbocycles. The van der Waals surface area contributed by atoms with E-state index in [0.29, 0.717) is 6.42 Å². The summed E-state index contributed by atoms with van der Waals surface area (Å²) >= 11 is 0. The lowest BCUT2D eigenvalue weighted by atomic mass is 10.0. The van der Waals surface area contributed by atoms with E-state index in [1.807, 2.05) is 6.08 Å². The van der Waals surface area contributed by atoms with Crippen molar-refractivity contribution in [2.24, 2.45) is 0 Å². The number of unbranched alkanes of at least 4 members (excludes halogenated alkanes) is 45. The molecule has 4 heteroatoms. The number of nitrogens with one attached hydrogen (secondary N) is 1. The highest BCUT2D eigenvalue weighted by atomic mass is 16.3. The van der Waals surface area contributed by atoms with Gasteiger partial charge in [0.1, 0.15) is 0 Å². The summed E-state index contributed by atoms with van der Waals surface area (Å²) in [6.45, 7) is 4.32. The van der Waals surface area contributed by atoms with Crippen molar-refractivity contribution in [2.45, 2.75) is 353 Å². The maximum Gasteiger partial charge on any atom is 0.220 e. The Morgan fingerprint density at radius 2 is 0.609 bits per heavy atom. The van der Waals surface area contributed by atoms with Gasteiger partial charge in [-0.1, -0.05) is 319 Å². The zero-order valence-corrected chi connectivity index (χ0v) is 46.8. The largest absolute Gasteiger partial charge is 0.394 e. The molecule has 1 amide bonds. The first-order chi connectivity index (χ1) is 34.2. The van der Waals surface area contributed by atoms with Gasteiger partial charge in [-0.25, -0.2) is 0 Å². The minimum atomic E-state index is -0.862. The Balaban J connectivity index is 3.45. The van der Waals surface area contributed by atoms with Crippen molar-refractivity contribution in [2.75, 3.05) is 6.61 Å². The molecule has 0 bridgehead atoms. The Morgan fingerprint density at radius 1 is 0.348 bits per heavy atom. The van der Waals surface area contributed by atoms with Gasteiger partial charge in [-0.15, -0.1) is 0 Å². The summed E-state index contributed by atoms with van der Waals surface area (Å²) in [6.07, 6.45) is 84.5. The van der Waals surface area contributed by atoms with Crippen molar-refractivity contribution in [3.05, 3.63) is 48.6 Å². The summed E-state index contributed by atoms with van der Waals surface area (Å²) < 4.78 is 0. The third-order valence-electron chi connectivity index (χ3n) is 14.5. The molecular weight excluding hydrogens is 843 g/mol. The van der Waals surface area contributed by atoms with E-state index in [1.54, 1.807) is 6.08 Å². The van der Waals surface area contributed by atoms with Crippen LogP contribution in [0.4, 0.5) is 0 Å². The number of aliphatic hydroxyl groups is 2. The maximum atomic E-state index is 12.5. The number of hydrogen-bond acceptors (Lipinski definition) is 3. The fourth-order valence-corrected chi connectivity index (χ4v) is 9.76. The molecule has 406 valence electrons. The predicted molar refractivity (Wildman–Crippen MR) is 308 cm³/mol. The van der Waals surface area contributed by atoms with Gasteiger partial charge in [-0.05, 0) is 64.2 Å². The second-order valence-corrected chi connectivity index (χ2v) is 21.5. The summed E-state index contributed by atoms with van der Waals surface area (Å²) in [5.41, 5.74) is 0. The molecule has 0 aliphatic heterocycles. The lowest BCUT2D eigenvalue weighted by Gasteiger charge is -2.19. The van der Waals surface area contributed by atoms with Gasteiger partial charge >= 0.3 is 0 Å². The van der Waals surface area contributed by atoms with Gasteiger partial charge in [-0.3, -0.25) is 4.79 Å². The van der Waals surface area contributed by atoms with Crippen molar-refractivity contribution >= 4 is 5.91 Å². The second-order valence-electron chi connectivity index (χ2n) is 21.5. The Morgan fingerprint density at radius 3 is 0.928 bits per heavy atom. The maximum absolute atomic E-state index is 12.5. The van der Waals surface area contributed by atoms with Crippen LogP contribution in [0.3, 0.4) is 0 Å². The highest BCUT2D eigenvalue weighted by Gasteiger charge is 2.18. The number of hydrogen-bond donors (Lipinski definition) is 3. The molecule has 0 aromatic rings. The van der Waals surface area contributed by atoms with Crippen LogP contribution < -0.4 is 5.32 Å². The van der Waals surface area contributed by atoms with Crippen LogP contribution in [0.1, 0.15) is 341 Å². The minimum Gasteiger partial charge on any atom is -0.394 e. The van der Waals surface area contributed by atoms with Crippen LogP contribution >= 0.6 is 0 Å². The Labute approximate surface area is 433 Å². The number of allylic oxidation sites excluding steroid dienone is 7. The molecule has 3 N–H and O–H groups in total. The van der Waals surface area contributed by atoms with Crippen molar-refractivity contribution in [1.29, 1.82) is 0 Å². The SMILES string of the molecule is CCCCCCC/C=C\C/C=C\CCCCCCCCCCCCCCCCCCCCCCCCCC(=O)NC(CO)C(O)/C=C/CC/C=C/CCCCCCCCCCCCCCCCCC. The predicted octanol–water partition coefficient (Wildman–Crippen LogP) is 21.0. The van der Waals surface area contributed by atoms with E-state index in [4.69, 9.17) is 0 Å².